The van der Waals surface area contributed by atoms with Gasteiger partial charge in [-0.05, 0) is 158 Å². The first-order valence-electron chi connectivity index (χ1n) is 37.4. The predicted molar refractivity (Wildman–Crippen MR) is 418 cm³/mol. The number of hydrogen-bond acceptors (Lipinski definition) is 18. The quantitative estimate of drug-likeness (QED) is 0.0432. The van der Waals surface area contributed by atoms with Gasteiger partial charge in [-0.2, -0.15) is 26.1 Å². The van der Waals surface area contributed by atoms with E-state index in [1.165, 1.54) is 32.5 Å². The molecule has 0 N–H and O–H groups in total. The third kappa shape index (κ3) is 16.5. The molecule has 31 heteroatoms. The van der Waals surface area contributed by atoms with Gasteiger partial charge in [-0.15, -0.1) is 11.3 Å². The number of imidazole rings is 1. The molecule has 15 rings (SSSR count). The Morgan fingerprint density at radius 1 is 0.491 bits per heavy atom. The number of Topliss-reactive ketones (excluding diaryl/α,β-unsaturated/α-hetero) is 3. The number of pyridine rings is 1. The fourth-order valence-electron chi connectivity index (χ4n) is 16.0. The molecule has 0 bridgehead atoms. The number of amides is 3. The van der Waals surface area contributed by atoms with Gasteiger partial charge >= 0.3 is 6.18 Å². The second-order valence-corrected chi connectivity index (χ2v) is 36.2. The van der Waals surface area contributed by atoms with Gasteiger partial charge in [0.2, 0.25) is 0 Å². The predicted octanol–water partition coefficient (Wildman–Crippen LogP) is 11.7. The summed E-state index contributed by atoms with van der Waals surface area (Å²) in [5.41, 5.74) is 5.59. The topological polar surface area (TPSA) is 283 Å². The number of piperidine rings is 3. The normalized spacial score (nSPS) is 18.2. The molecule has 0 radical (unpaired) electrons. The van der Waals surface area contributed by atoms with E-state index in [4.69, 9.17) is 14.2 Å². The number of alkyl halides is 3. The Balaban J connectivity index is 0.000000147. The number of sulfonamides is 3. The number of ether oxygens (including phenoxy) is 3. The molecule has 592 valence electrons. The lowest BCUT2D eigenvalue weighted by Gasteiger charge is -2.31. The van der Waals surface area contributed by atoms with Crippen LogP contribution in [-0.4, -0.2) is 188 Å². The average Bonchev–Trinajstić information content (AvgIpc) is 1.59. The number of aromatic nitrogens is 3. The standard InChI is InChI=1S/C28H28F3N3O5S.C27H30N2O5S2.C26H30N4O5S/c1-39-15-5-14-34-22-12-11-18(20-7-2-8-21(26(20)22)27(34)36)16-23(35)19-6-4-13-33(17-19)40(37,38)25-10-3-9-24(32-25)28(29,30)31;1-18-9-12-25(35-18)36(32,33)28-13-4-6-20(17-28)24(30)16-19-10-11-23-26-21(19)7-3-8-22(26)27(31)29(23)14-5-15-34-2;1-28-16-24(27-17-28)36(33,34)29-11-4-6-19(15-29)23(31)14-18-9-10-22-25-20(18)7-3-8-21(25)26(32)30(22)12-5-13-35-2/h2-3,7-12,19H,4-6,13-17H2,1H3;3,7-12,20H,4-6,13-17H2,1-2H3;3,7-10,16-17,19H,4-6,11-15H2,1-2H3. The van der Waals surface area contributed by atoms with Crippen molar-refractivity contribution in [1.29, 1.82) is 0 Å². The number of carbonyl (C=O) groups is 6. The molecule has 0 spiro atoms. The highest BCUT2D eigenvalue weighted by molar-refractivity contribution is 7.91. The molecular weight excluding hydrogens is 1520 g/mol. The Hall–Kier alpha value is -9.02. The van der Waals surface area contributed by atoms with Crippen LogP contribution in [0.3, 0.4) is 0 Å². The summed E-state index contributed by atoms with van der Waals surface area (Å²) in [5.74, 6) is -1.61. The first kappa shape index (κ1) is 81.0. The molecule has 112 heavy (non-hydrogen) atoms. The Labute approximate surface area is 652 Å². The minimum absolute atomic E-state index is 0.00493. The van der Waals surface area contributed by atoms with E-state index in [0.717, 1.165) is 100 Å². The number of rotatable bonds is 27. The number of aryl methyl sites for hydroxylation is 2. The van der Waals surface area contributed by atoms with Crippen molar-refractivity contribution in [2.24, 2.45) is 24.8 Å². The Morgan fingerprint density at radius 3 is 1.21 bits per heavy atom. The number of nitrogens with zero attached hydrogens (tertiary/aromatic N) is 9. The summed E-state index contributed by atoms with van der Waals surface area (Å²) >= 11 is 1.26. The van der Waals surface area contributed by atoms with Crippen molar-refractivity contribution in [2.75, 3.05) is 115 Å². The largest absolute Gasteiger partial charge is 0.433 e. The monoisotopic (exact) mass is 1610 g/mol. The molecule has 6 aliphatic rings. The first-order chi connectivity index (χ1) is 53.6. The zero-order valence-electron chi connectivity index (χ0n) is 62.8. The van der Waals surface area contributed by atoms with Crippen molar-refractivity contribution in [3.8, 4) is 0 Å². The van der Waals surface area contributed by atoms with E-state index in [0.29, 0.717) is 124 Å². The van der Waals surface area contributed by atoms with Crippen LogP contribution in [0.4, 0.5) is 30.2 Å². The van der Waals surface area contributed by atoms with Gasteiger partial charge in [0.05, 0.1) is 23.4 Å². The van der Waals surface area contributed by atoms with E-state index in [1.54, 1.807) is 65.8 Å². The molecule has 6 aromatic carbocycles. The van der Waals surface area contributed by atoms with Gasteiger partial charge in [0, 0.05) is 188 Å². The number of anilines is 3. The number of halogens is 3. The van der Waals surface area contributed by atoms with Crippen LogP contribution < -0.4 is 14.7 Å². The minimum Gasteiger partial charge on any atom is -0.385 e. The van der Waals surface area contributed by atoms with Gasteiger partial charge in [-0.25, -0.2) is 35.2 Å². The van der Waals surface area contributed by atoms with E-state index in [2.05, 4.69) is 9.97 Å². The summed E-state index contributed by atoms with van der Waals surface area (Å²) in [6, 6.07) is 34.3. The summed E-state index contributed by atoms with van der Waals surface area (Å²) in [4.78, 5) is 93.0. The third-order valence-electron chi connectivity index (χ3n) is 21.6. The van der Waals surface area contributed by atoms with Gasteiger partial charge < -0.3 is 33.5 Å². The van der Waals surface area contributed by atoms with Crippen LogP contribution in [0.25, 0.3) is 32.3 Å². The summed E-state index contributed by atoms with van der Waals surface area (Å²) in [6.45, 7) is 6.35. The lowest BCUT2D eigenvalue weighted by atomic mass is 9.89. The second-order valence-electron chi connectivity index (χ2n) is 29.0. The van der Waals surface area contributed by atoms with Crippen molar-refractivity contribution in [3.63, 3.8) is 0 Å². The average molecular weight is 1610 g/mol. The maximum Gasteiger partial charge on any atom is 0.433 e. The highest BCUT2D eigenvalue weighted by Gasteiger charge is 2.41. The van der Waals surface area contributed by atoms with Crippen LogP contribution in [0.1, 0.15) is 116 Å². The molecule has 3 atom stereocenters. The summed E-state index contributed by atoms with van der Waals surface area (Å²) < 4.78 is 139. The van der Waals surface area contributed by atoms with Gasteiger partial charge in [0.1, 0.15) is 27.3 Å². The van der Waals surface area contributed by atoms with Gasteiger partial charge in [-0.3, -0.25) is 28.8 Å². The molecule has 3 amide bonds. The number of benzene rings is 6. The van der Waals surface area contributed by atoms with Gasteiger partial charge in [0.25, 0.3) is 47.8 Å². The number of carbonyl (C=O) groups excluding carboxylic acids is 6. The molecule has 3 fully saturated rings. The van der Waals surface area contributed by atoms with Crippen LogP contribution in [0.15, 0.2) is 148 Å². The number of hydrogen-bond donors (Lipinski definition) is 0. The smallest absolute Gasteiger partial charge is 0.385 e. The van der Waals surface area contributed by atoms with Crippen molar-refractivity contribution in [3.05, 3.63) is 178 Å². The Kier molecular flexibility index (Phi) is 24.6. The van der Waals surface area contributed by atoms with Gasteiger partial charge in [0.15, 0.2) is 10.1 Å². The molecule has 0 aliphatic carbocycles. The molecule has 6 aliphatic heterocycles. The van der Waals surface area contributed by atoms with Crippen LogP contribution in [-0.2, 0) is 91.2 Å². The first-order valence-corrected chi connectivity index (χ1v) is 42.5. The fraction of sp³-hybridized carbons (Fsp3) is 0.407. The maximum absolute atomic E-state index is 13.4. The maximum atomic E-state index is 13.4. The Morgan fingerprint density at radius 2 is 0.866 bits per heavy atom. The van der Waals surface area contributed by atoms with E-state index in [1.807, 2.05) is 91.9 Å². The van der Waals surface area contributed by atoms with Crippen molar-refractivity contribution >= 4 is 126 Å². The van der Waals surface area contributed by atoms with Crippen LogP contribution >= 0.6 is 11.3 Å². The van der Waals surface area contributed by atoms with E-state index in [-0.39, 0.29) is 97.4 Å². The van der Waals surface area contributed by atoms with Crippen molar-refractivity contribution < 1.29 is 81.4 Å². The molecule has 3 aromatic heterocycles. The lowest BCUT2D eigenvalue weighted by Crippen LogP contribution is -2.43. The van der Waals surface area contributed by atoms with Gasteiger partial charge in [-0.1, -0.05) is 60.7 Å². The van der Waals surface area contributed by atoms with E-state index < -0.39 is 52.9 Å². The molecule has 24 nitrogen and oxygen atoms in total. The summed E-state index contributed by atoms with van der Waals surface area (Å²) in [5, 5.41) is 4.48. The van der Waals surface area contributed by atoms with Crippen molar-refractivity contribution in [2.45, 2.75) is 104 Å². The second kappa shape index (κ2) is 34.0. The molecule has 0 saturated carbocycles. The zero-order valence-corrected chi connectivity index (χ0v) is 66.1. The summed E-state index contributed by atoms with van der Waals surface area (Å²) in [6.07, 6.45) is 4.23. The zero-order chi connectivity index (χ0) is 79.6. The molecular formula is C81H88F3N9O15S4. The SMILES string of the molecule is COCCCN1C(=O)c2cccc3c(CC(=O)C4CCCN(S(=O)(=O)c5ccc(C)s5)C4)ccc1c23.COCCCN1C(=O)c2cccc3c(CC(=O)C4CCCN(S(=O)(=O)c5cccc(C(F)(F)F)n5)C4)ccc1c23.COCCCN1C(=O)c2cccc3c(CC(=O)C4CCCN(S(=O)(=O)c5cn(C)cn5)C4)ccc1c23. The van der Waals surface area contributed by atoms with E-state index in [9.17, 15) is 67.2 Å². The molecule has 9 heterocycles. The molecule has 3 unspecified atom stereocenters. The van der Waals surface area contributed by atoms with Crippen LogP contribution in [0, 0.1) is 24.7 Å². The number of ketones is 3. The number of methoxy groups -OCH3 is 3. The third-order valence-corrected chi connectivity index (χ3v) is 28.5. The Bertz CT molecular complexity index is 5280. The van der Waals surface area contributed by atoms with E-state index >= 15 is 0 Å². The lowest BCUT2D eigenvalue weighted by molar-refractivity contribution is -0.141. The molecule has 3 saturated heterocycles. The highest BCUT2D eigenvalue weighted by atomic mass is 32.2. The van der Waals surface area contributed by atoms with Crippen molar-refractivity contribution in [1.82, 2.24) is 27.5 Å². The van der Waals surface area contributed by atoms with Crippen LogP contribution in [0.5, 0.6) is 0 Å². The molecule has 9 aromatic rings. The summed E-state index contributed by atoms with van der Waals surface area (Å²) in [7, 11) is -5.04. The number of thiophene rings is 1. The van der Waals surface area contributed by atoms with Crippen LogP contribution in [0.2, 0.25) is 0 Å². The minimum atomic E-state index is -4.78. The highest BCUT2D eigenvalue weighted by Crippen LogP contribution is 2.44. The fourth-order valence-corrected chi connectivity index (χ4v) is 21.9.